The van der Waals surface area contributed by atoms with Gasteiger partial charge in [0.15, 0.2) is 0 Å². The van der Waals surface area contributed by atoms with Gasteiger partial charge in [0.25, 0.3) is 10.0 Å². The van der Waals surface area contributed by atoms with E-state index in [1.165, 1.54) is 30.6 Å². The van der Waals surface area contributed by atoms with Crippen molar-refractivity contribution in [2.24, 2.45) is 0 Å². The molecule has 0 saturated heterocycles. The van der Waals surface area contributed by atoms with Crippen LogP contribution in [0.3, 0.4) is 0 Å². The highest BCUT2D eigenvalue weighted by molar-refractivity contribution is 7.90. The van der Waals surface area contributed by atoms with Crippen LogP contribution in [-0.4, -0.2) is 35.1 Å². The number of nitrogens with zero attached hydrogens (tertiary/aromatic N) is 2. The van der Waals surface area contributed by atoms with E-state index in [0.717, 1.165) is 22.3 Å². The summed E-state index contributed by atoms with van der Waals surface area (Å²) in [4.78, 5) is 14.3. The summed E-state index contributed by atoms with van der Waals surface area (Å²) in [7, 11) is -4.11. The molecule has 0 saturated carbocycles. The van der Waals surface area contributed by atoms with Crippen molar-refractivity contribution in [1.29, 1.82) is 0 Å². The summed E-state index contributed by atoms with van der Waals surface area (Å²) in [5.74, 6) is -1.71. The summed E-state index contributed by atoms with van der Waals surface area (Å²) in [5.41, 5.74) is 0.345. The molecule has 3 rings (SSSR count). The highest BCUT2D eigenvalue weighted by Gasteiger charge is 2.23. The van der Waals surface area contributed by atoms with E-state index in [4.69, 9.17) is 5.11 Å². The summed E-state index contributed by atoms with van der Waals surface area (Å²) < 4.78 is 54.5. The standard InChI is InChI=1S/C18H15F2N3O4S/c19-13-3-4-15(16(20)9-13)17-8-12(5-7-22-18(24)25)11-23(17)28(26,27)14-2-1-6-21-10-14/h1-4,6,8-11,22H,5,7H2,(H,24,25). The first-order valence-electron chi connectivity index (χ1n) is 8.08. The molecule has 1 amide bonds. The number of nitrogens with one attached hydrogen (secondary N) is 1. The summed E-state index contributed by atoms with van der Waals surface area (Å²) >= 11 is 0. The average Bonchev–Trinajstić information content (AvgIpc) is 3.07. The fraction of sp³-hybridized carbons (Fsp3) is 0.111. The van der Waals surface area contributed by atoms with E-state index in [0.29, 0.717) is 11.6 Å². The van der Waals surface area contributed by atoms with Crippen LogP contribution < -0.4 is 5.32 Å². The molecule has 2 aromatic heterocycles. The monoisotopic (exact) mass is 407 g/mol. The van der Waals surface area contributed by atoms with Crippen LogP contribution in [0.1, 0.15) is 5.56 Å². The number of carbonyl (C=O) groups is 1. The molecule has 146 valence electrons. The van der Waals surface area contributed by atoms with Crippen LogP contribution in [0.25, 0.3) is 11.3 Å². The van der Waals surface area contributed by atoms with Gasteiger partial charge in [-0.1, -0.05) is 0 Å². The molecule has 3 aromatic rings. The van der Waals surface area contributed by atoms with Gasteiger partial charge in [-0.05, 0) is 42.3 Å². The number of halogens is 2. The zero-order chi connectivity index (χ0) is 20.3. The lowest BCUT2D eigenvalue weighted by atomic mass is 10.1. The van der Waals surface area contributed by atoms with Crippen LogP contribution in [0.15, 0.2) is 59.9 Å². The lowest BCUT2D eigenvalue weighted by molar-refractivity contribution is 0.194. The molecular formula is C18H15F2N3O4S. The van der Waals surface area contributed by atoms with Crippen molar-refractivity contribution in [3.63, 3.8) is 0 Å². The van der Waals surface area contributed by atoms with Gasteiger partial charge in [-0.3, -0.25) is 4.98 Å². The second-order valence-corrected chi connectivity index (χ2v) is 7.64. The van der Waals surface area contributed by atoms with Crippen molar-refractivity contribution < 1.29 is 27.1 Å². The molecule has 2 N–H and O–H groups in total. The van der Waals surface area contributed by atoms with Crippen LogP contribution in [0.5, 0.6) is 0 Å². The molecular weight excluding hydrogens is 392 g/mol. The molecule has 7 nitrogen and oxygen atoms in total. The zero-order valence-corrected chi connectivity index (χ0v) is 15.2. The number of rotatable bonds is 6. The number of amides is 1. The van der Waals surface area contributed by atoms with Crippen LogP contribution in [-0.2, 0) is 16.4 Å². The van der Waals surface area contributed by atoms with E-state index >= 15 is 0 Å². The summed E-state index contributed by atoms with van der Waals surface area (Å²) in [6, 6.07) is 7.06. The molecule has 10 heteroatoms. The normalized spacial score (nSPS) is 11.4. The first-order valence-corrected chi connectivity index (χ1v) is 9.52. The van der Waals surface area contributed by atoms with Crippen molar-refractivity contribution in [3.8, 4) is 11.3 Å². The van der Waals surface area contributed by atoms with Gasteiger partial charge < -0.3 is 10.4 Å². The SMILES string of the molecule is O=C(O)NCCc1cc(-c2ccc(F)cc2F)n(S(=O)(=O)c2cccnc2)c1. The number of benzene rings is 1. The largest absolute Gasteiger partial charge is 0.465 e. The van der Waals surface area contributed by atoms with Crippen LogP contribution in [0.4, 0.5) is 13.6 Å². The van der Waals surface area contributed by atoms with Gasteiger partial charge in [0.05, 0.1) is 5.69 Å². The molecule has 0 fully saturated rings. The summed E-state index contributed by atoms with van der Waals surface area (Å²) in [6.07, 6.45) is 2.82. The zero-order valence-electron chi connectivity index (χ0n) is 14.3. The Hall–Kier alpha value is -3.27. The maximum absolute atomic E-state index is 14.3. The van der Waals surface area contributed by atoms with Gasteiger partial charge in [-0.15, -0.1) is 0 Å². The average molecular weight is 407 g/mol. The second kappa shape index (κ2) is 7.77. The van der Waals surface area contributed by atoms with Crippen molar-refractivity contribution in [1.82, 2.24) is 14.3 Å². The maximum Gasteiger partial charge on any atom is 0.404 e. The summed E-state index contributed by atoms with van der Waals surface area (Å²) in [5, 5.41) is 10.8. The lowest BCUT2D eigenvalue weighted by Gasteiger charge is -2.11. The topological polar surface area (TPSA) is 101 Å². The van der Waals surface area contributed by atoms with E-state index in [1.807, 2.05) is 0 Å². The molecule has 0 bridgehead atoms. The minimum atomic E-state index is -4.11. The van der Waals surface area contributed by atoms with E-state index in [9.17, 15) is 22.0 Å². The fourth-order valence-electron chi connectivity index (χ4n) is 2.65. The Morgan fingerprint density at radius 1 is 1.21 bits per heavy atom. The van der Waals surface area contributed by atoms with Crippen molar-refractivity contribution in [2.45, 2.75) is 11.3 Å². The Morgan fingerprint density at radius 2 is 2.00 bits per heavy atom. The Bertz CT molecular complexity index is 1120. The third-order valence-corrected chi connectivity index (χ3v) is 5.59. The maximum atomic E-state index is 14.3. The predicted molar refractivity (Wildman–Crippen MR) is 96.3 cm³/mol. The molecule has 28 heavy (non-hydrogen) atoms. The van der Waals surface area contributed by atoms with Crippen LogP contribution in [0.2, 0.25) is 0 Å². The minimum absolute atomic E-state index is 0.00771. The van der Waals surface area contributed by atoms with Gasteiger partial charge in [-0.25, -0.2) is 26.0 Å². The van der Waals surface area contributed by atoms with E-state index in [-0.39, 0.29) is 29.1 Å². The predicted octanol–water partition coefficient (Wildman–Crippen LogP) is 2.88. The first-order chi connectivity index (χ1) is 13.3. The molecule has 0 aliphatic heterocycles. The third-order valence-electron chi connectivity index (χ3n) is 3.93. The van der Waals surface area contributed by atoms with Crippen LogP contribution in [0, 0.1) is 11.6 Å². The molecule has 0 aliphatic rings. The number of aromatic nitrogens is 2. The highest BCUT2D eigenvalue weighted by atomic mass is 32.2. The molecule has 0 unspecified atom stereocenters. The Kier molecular flexibility index (Phi) is 5.41. The van der Waals surface area contributed by atoms with E-state index in [2.05, 4.69) is 10.3 Å². The first kappa shape index (κ1) is 19.5. The molecule has 0 radical (unpaired) electrons. The second-order valence-electron chi connectivity index (χ2n) is 5.83. The van der Waals surface area contributed by atoms with Gasteiger partial charge >= 0.3 is 6.09 Å². The number of pyridine rings is 1. The van der Waals surface area contributed by atoms with E-state index < -0.39 is 27.8 Å². The quantitative estimate of drug-likeness (QED) is 0.654. The van der Waals surface area contributed by atoms with Crippen molar-refractivity contribution in [2.75, 3.05) is 6.54 Å². The Balaban J connectivity index is 2.11. The number of hydrogen-bond acceptors (Lipinski definition) is 4. The molecule has 0 aliphatic carbocycles. The van der Waals surface area contributed by atoms with Crippen LogP contribution >= 0.6 is 0 Å². The fourth-order valence-corrected chi connectivity index (χ4v) is 4.01. The smallest absolute Gasteiger partial charge is 0.404 e. The van der Waals surface area contributed by atoms with Gasteiger partial charge in [0, 0.05) is 36.8 Å². The molecule has 2 heterocycles. The molecule has 0 atom stereocenters. The summed E-state index contributed by atoms with van der Waals surface area (Å²) in [6.45, 7) is 0.0393. The Morgan fingerprint density at radius 3 is 2.64 bits per heavy atom. The number of carboxylic acid groups (broad SMARTS) is 1. The van der Waals surface area contributed by atoms with Crippen molar-refractivity contribution >= 4 is 16.1 Å². The van der Waals surface area contributed by atoms with Gasteiger partial charge in [-0.2, -0.15) is 0 Å². The van der Waals surface area contributed by atoms with Crippen molar-refractivity contribution in [3.05, 3.63) is 72.2 Å². The van der Waals surface area contributed by atoms with E-state index in [1.54, 1.807) is 0 Å². The third kappa shape index (κ3) is 4.01. The molecule has 0 spiro atoms. The minimum Gasteiger partial charge on any atom is -0.465 e. The Labute approximate surface area is 159 Å². The van der Waals surface area contributed by atoms with Gasteiger partial charge in [0.2, 0.25) is 0 Å². The molecule has 1 aromatic carbocycles. The lowest BCUT2D eigenvalue weighted by Crippen LogP contribution is -2.23. The number of hydrogen-bond donors (Lipinski definition) is 2. The van der Waals surface area contributed by atoms with Gasteiger partial charge in [0.1, 0.15) is 16.5 Å². The highest BCUT2D eigenvalue weighted by Crippen LogP contribution is 2.29.